The fourth-order valence-corrected chi connectivity index (χ4v) is 5.40. The second-order valence-corrected chi connectivity index (χ2v) is 10.1. The van der Waals surface area contributed by atoms with Crippen LogP contribution in [0.1, 0.15) is 16.1 Å². The fraction of sp³-hybridized carbons (Fsp3) is 0.130. The molecule has 4 rings (SSSR count). The monoisotopic (exact) mass is 483 g/mol. The van der Waals surface area contributed by atoms with Gasteiger partial charge < -0.3 is 8.98 Å². The maximum absolute atomic E-state index is 14.3. The predicted octanol–water partition coefficient (Wildman–Crippen LogP) is 3.63. The summed E-state index contributed by atoms with van der Waals surface area (Å²) in [5.41, 5.74) is 0.473. The van der Waals surface area contributed by atoms with Crippen LogP contribution in [0.4, 0.5) is 4.39 Å². The van der Waals surface area contributed by atoms with E-state index in [0.717, 1.165) is 15.6 Å². The van der Waals surface area contributed by atoms with Gasteiger partial charge in [0.1, 0.15) is 11.6 Å². The highest BCUT2D eigenvalue weighted by molar-refractivity contribution is 7.89. The van der Waals surface area contributed by atoms with E-state index in [4.69, 9.17) is 10.8 Å². The number of fused-ring (bicyclic) bond motifs is 1. The molecule has 0 saturated heterocycles. The molecule has 0 saturated carbocycles. The van der Waals surface area contributed by atoms with E-state index in [1.165, 1.54) is 48.2 Å². The van der Waals surface area contributed by atoms with Crippen molar-refractivity contribution in [3.8, 4) is 12.3 Å². The summed E-state index contributed by atoms with van der Waals surface area (Å²) in [6.45, 7) is 0.120. The van der Waals surface area contributed by atoms with Crippen molar-refractivity contribution in [2.24, 2.45) is 4.99 Å². The molecule has 0 atom stereocenters. The van der Waals surface area contributed by atoms with Gasteiger partial charge in [0.05, 0.1) is 34.5 Å². The van der Waals surface area contributed by atoms with Crippen LogP contribution < -0.4 is 4.80 Å². The molecule has 0 bridgehead atoms. The minimum absolute atomic E-state index is 0.0273. The molecule has 2 aromatic carbocycles. The summed E-state index contributed by atoms with van der Waals surface area (Å²) in [6, 6.07) is 13.4. The zero-order valence-electron chi connectivity index (χ0n) is 17.4. The summed E-state index contributed by atoms with van der Waals surface area (Å²) in [5, 5.41) is 0. The number of amides is 1. The summed E-state index contributed by atoms with van der Waals surface area (Å²) in [4.78, 5) is 17.1. The lowest BCUT2D eigenvalue weighted by atomic mass is 10.2. The van der Waals surface area contributed by atoms with Crippen molar-refractivity contribution in [3.05, 3.63) is 82.8 Å². The molecular weight excluding hydrogens is 465 g/mol. The van der Waals surface area contributed by atoms with Crippen molar-refractivity contribution in [2.75, 3.05) is 7.05 Å². The minimum atomic E-state index is -3.79. The Bertz CT molecular complexity index is 1530. The van der Waals surface area contributed by atoms with Crippen molar-refractivity contribution < 1.29 is 22.0 Å². The van der Waals surface area contributed by atoms with Crippen LogP contribution in [0.3, 0.4) is 0 Å². The number of hydrogen-bond acceptors (Lipinski definition) is 5. The molecule has 168 valence electrons. The maximum atomic E-state index is 14.3. The minimum Gasteiger partial charge on any atom is -0.468 e. The van der Waals surface area contributed by atoms with Gasteiger partial charge in [-0.05, 0) is 48.5 Å². The third kappa shape index (κ3) is 4.52. The summed E-state index contributed by atoms with van der Waals surface area (Å²) in [6.07, 6.45) is 6.88. The second kappa shape index (κ2) is 9.15. The van der Waals surface area contributed by atoms with Crippen LogP contribution in [0.5, 0.6) is 0 Å². The largest absolute Gasteiger partial charge is 0.468 e. The zero-order chi connectivity index (χ0) is 23.6. The number of para-hydroxylation sites is 1. The maximum Gasteiger partial charge on any atom is 0.279 e. The van der Waals surface area contributed by atoms with Crippen molar-refractivity contribution in [1.29, 1.82) is 0 Å². The van der Waals surface area contributed by atoms with E-state index in [0.29, 0.717) is 10.5 Å². The van der Waals surface area contributed by atoms with Crippen molar-refractivity contribution in [3.63, 3.8) is 0 Å². The van der Waals surface area contributed by atoms with Gasteiger partial charge >= 0.3 is 0 Å². The highest BCUT2D eigenvalue weighted by atomic mass is 32.2. The lowest BCUT2D eigenvalue weighted by Gasteiger charge is -2.16. The van der Waals surface area contributed by atoms with Gasteiger partial charge in [-0.2, -0.15) is 9.30 Å². The Labute approximate surface area is 193 Å². The highest BCUT2D eigenvalue weighted by Gasteiger charge is 2.22. The molecule has 10 heteroatoms. The molecule has 0 unspecified atom stereocenters. The number of terminal acetylenes is 1. The van der Waals surface area contributed by atoms with Crippen LogP contribution in [-0.4, -0.2) is 30.2 Å². The Kier molecular flexibility index (Phi) is 6.29. The van der Waals surface area contributed by atoms with Crippen LogP contribution in [0.15, 0.2) is 75.2 Å². The van der Waals surface area contributed by atoms with Crippen molar-refractivity contribution in [2.45, 2.75) is 18.0 Å². The van der Waals surface area contributed by atoms with E-state index in [1.54, 1.807) is 24.3 Å². The summed E-state index contributed by atoms with van der Waals surface area (Å²) in [5.74, 6) is 1.90. The van der Waals surface area contributed by atoms with E-state index in [1.807, 2.05) is 0 Å². The zero-order valence-corrected chi connectivity index (χ0v) is 19.1. The number of thiazole rings is 1. The lowest BCUT2D eigenvalue weighted by molar-refractivity contribution is 0.0997. The SMILES string of the molecule is C#CCn1c(=NC(=O)c2ccc(S(=O)(=O)N(C)Cc3ccco3)cc2)sc2cccc(F)c21. The van der Waals surface area contributed by atoms with Crippen LogP contribution in [0.25, 0.3) is 10.2 Å². The van der Waals surface area contributed by atoms with Gasteiger partial charge in [-0.25, -0.2) is 12.8 Å². The molecule has 33 heavy (non-hydrogen) atoms. The van der Waals surface area contributed by atoms with E-state index >= 15 is 0 Å². The number of sulfonamides is 1. The van der Waals surface area contributed by atoms with E-state index < -0.39 is 21.7 Å². The topological polar surface area (TPSA) is 84.9 Å². The molecule has 2 heterocycles. The molecule has 2 aromatic heterocycles. The van der Waals surface area contributed by atoms with Crippen LogP contribution in [-0.2, 0) is 23.1 Å². The average molecular weight is 484 g/mol. The number of rotatable bonds is 6. The molecule has 1 amide bonds. The summed E-state index contributed by atoms with van der Waals surface area (Å²) < 4.78 is 48.3. The normalized spacial score (nSPS) is 12.4. The first-order chi connectivity index (χ1) is 15.8. The van der Waals surface area contributed by atoms with Crippen molar-refractivity contribution >= 4 is 37.5 Å². The molecule has 7 nitrogen and oxygen atoms in total. The molecule has 0 aliphatic heterocycles. The van der Waals surface area contributed by atoms with Gasteiger partial charge in [0.25, 0.3) is 5.91 Å². The van der Waals surface area contributed by atoms with Crippen LogP contribution in [0, 0.1) is 18.2 Å². The molecule has 0 aliphatic carbocycles. The quantitative estimate of drug-likeness (QED) is 0.392. The van der Waals surface area contributed by atoms with Crippen LogP contribution >= 0.6 is 11.3 Å². The third-order valence-electron chi connectivity index (χ3n) is 4.87. The highest BCUT2D eigenvalue weighted by Crippen LogP contribution is 2.21. The number of aromatic nitrogens is 1. The van der Waals surface area contributed by atoms with Gasteiger partial charge in [0.15, 0.2) is 4.80 Å². The first-order valence-electron chi connectivity index (χ1n) is 9.70. The number of benzene rings is 2. The number of carbonyl (C=O) groups is 1. The number of hydrogen-bond donors (Lipinski definition) is 0. The van der Waals surface area contributed by atoms with E-state index in [-0.39, 0.29) is 33.9 Å². The van der Waals surface area contributed by atoms with Gasteiger partial charge in [-0.1, -0.05) is 23.3 Å². The Morgan fingerprint density at radius 2 is 1.97 bits per heavy atom. The Hall–Kier alpha value is -3.52. The van der Waals surface area contributed by atoms with Crippen LogP contribution in [0.2, 0.25) is 0 Å². The number of halogens is 1. The summed E-state index contributed by atoms with van der Waals surface area (Å²) in [7, 11) is -2.35. The van der Waals surface area contributed by atoms with E-state index in [9.17, 15) is 17.6 Å². The molecule has 0 radical (unpaired) electrons. The molecule has 0 N–H and O–H groups in total. The number of nitrogens with zero attached hydrogens (tertiary/aromatic N) is 3. The molecule has 0 fully saturated rings. The second-order valence-electron chi connectivity index (χ2n) is 7.04. The lowest BCUT2D eigenvalue weighted by Crippen LogP contribution is -2.26. The van der Waals surface area contributed by atoms with E-state index in [2.05, 4.69) is 10.9 Å². The number of furan rings is 1. The fourth-order valence-electron chi connectivity index (χ4n) is 3.22. The molecule has 0 aliphatic rings. The Morgan fingerprint density at radius 3 is 2.64 bits per heavy atom. The standard InChI is InChI=1S/C23H18FN3O4S2/c1-3-13-27-21-19(24)7-4-8-20(21)32-23(27)25-22(28)16-9-11-18(12-10-16)33(29,30)26(2)15-17-6-5-14-31-17/h1,4-12,14H,13,15H2,2H3. The predicted molar refractivity (Wildman–Crippen MR) is 122 cm³/mol. The average Bonchev–Trinajstić information content (AvgIpc) is 3.43. The Morgan fingerprint density at radius 1 is 1.21 bits per heavy atom. The first kappa shape index (κ1) is 22.7. The number of carbonyl (C=O) groups excluding carboxylic acids is 1. The first-order valence-corrected chi connectivity index (χ1v) is 12.0. The smallest absolute Gasteiger partial charge is 0.279 e. The molecule has 4 aromatic rings. The molecular formula is C23H18FN3O4S2. The third-order valence-corrected chi connectivity index (χ3v) is 7.73. The van der Waals surface area contributed by atoms with Gasteiger partial charge in [0.2, 0.25) is 10.0 Å². The van der Waals surface area contributed by atoms with Crippen molar-refractivity contribution in [1.82, 2.24) is 8.87 Å². The molecule has 0 spiro atoms. The van der Waals surface area contributed by atoms with Gasteiger partial charge in [-0.15, -0.1) is 6.42 Å². The van der Waals surface area contributed by atoms with Gasteiger partial charge in [-0.3, -0.25) is 4.79 Å². The summed E-state index contributed by atoms with van der Waals surface area (Å²) >= 11 is 1.14. The van der Waals surface area contributed by atoms with Gasteiger partial charge in [0, 0.05) is 12.6 Å². The Balaban J connectivity index is 1.63.